The Labute approximate surface area is 178 Å². The fourth-order valence-corrected chi connectivity index (χ4v) is 3.14. The molecule has 7 nitrogen and oxygen atoms in total. The lowest BCUT2D eigenvalue weighted by atomic mass is 10.1. The van der Waals surface area contributed by atoms with Gasteiger partial charge in [-0.15, -0.1) is 0 Å². The van der Waals surface area contributed by atoms with Gasteiger partial charge in [0.1, 0.15) is 6.54 Å². The Morgan fingerprint density at radius 2 is 1.73 bits per heavy atom. The van der Waals surface area contributed by atoms with Crippen molar-refractivity contribution in [3.63, 3.8) is 0 Å². The Kier molecular flexibility index (Phi) is 6.32. The SMILES string of the molecule is CC(=O)Nc1cc(-c2ccc(=O)n(CC(=O)Nc3ccc(Cl)cc3C)n2)ccc1C. The molecule has 0 bridgehead atoms. The van der Waals surface area contributed by atoms with Gasteiger partial charge in [-0.2, -0.15) is 5.10 Å². The number of anilines is 2. The normalized spacial score (nSPS) is 10.5. The van der Waals surface area contributed by atoms with Crippen LogP contribution in [0.3, 0.4) is 0 Å². The molecule has 0 aliphatic carbocycles. The molecule has 2 aromatic carbocycles. The summed E-state index contributed by atoms with van der Waals surface area (Å²) in [4.78, 5) is 36.1. The molecular formula is C22H21ClN4O3. The number of halogens is 1. The van der Waals surface area contributed by atoms with Crippen LogP contribution in [0.15, 0.2) is 53.3 Å². The molecule has 0 saturated heterocycles. The third kappa shape index (κ3) is 5.12. The van der Waals surface area contributed by atoms with Gasteiger partial charge in [-0.3, -0.25) is 14.4 Å². The molecule has 2 amide bonds. The van der Waals surface area contributed by atoms with Crippen LogP contribution in [0.2, 0.25) is 5.02 Å². The van der Waals surface area contributed by atoms with Crippen molar-refractivity contribution in [2.75, 3.05) is 10.6 Å². The van der Waals surface area contributed by atoms with E-state index in [-0.39, 0.29) is 18.4 Å². The molecule has 0 atom stereocenters. The van der Waals surface area contributed by atoms with Crippen LogP contribution in [-0.2, 0) is 16.1 Å². The first-order valence-corrected chi connectivity index (χ1v) is 9.63. The average molecular weight is 425 g/mol. The number of benzene rings is 2. The zero-order chi connectivity index (χ0) is 21.8. The van der Waals surface area contributed by atoms with Gasteiger partial charge < -0.3 is 10.6 Å². The Morgan fingerprint density at radius 1 is 0.967 bits per heavy atom. The first kappa shape index (κ1) is 21.3. The lowest BCUT2D eigenvalue weighted by molar-refractivity contribution is -0.117. The van der Waals surface area contributed by atoms with E-state index in [2.05, 4.69) is 15.7 Å². The molecule has 2 N–H and O–H groups in total. The van der Waals surface area contributed by atoms with Crippen LogP contribution in [0.5, 0.6) is 0 Å². The van der Waals surface area contributed by atoms with E-state index in [1.165, 1.54) is 13.0 Å². The molecule has 154 valence electrons. The zero-order valence-electron chi connectivity index (χ0n) is 16.8. The second-order valence-electron chi connectivity index (χ2n) is 6.93. The first-order chi connectivity index (χ1) is 14.2. The minimum atomic E-state index is -0.393. The van der Waals surface area contributed by atoms with E-state index in [4.69, 9.17) is 11.6 Å². The van der Waals surface area contributed by atoms with Gasteiger partial charge in [0.15, 0.2) is 0 Å². The van der Waals surface area contributed by atoms with E-state index in [0.29, 0.717) is 27.7 Å². The van der Waals surface area contributed by atoms with Gasteiger partial charge in [0.2, 0.25) is 11.8 Å². The monoisotopic (exact) mass is 424 g/mol. The van der Waals surface area contributed by atoms with Crippen LogP contribution in [0.25, 0.3) is 11.3 Å². The van der Waals surface area contributed by atoms with Gasteiger partial charge in [-0.25, -0.2) is 4.68 Å². The highest BCUT2D eigenvalue weighted by atomic mass is 35.5. The highest BCUT2D eigenvalue weighted by molar-refractivity contribution is 6.30. The number of hydrogen-bond acceptors (Lipinski definition) is 4. The maximum atomic E-state index is 12.4. The minimum absolute atomic E-state index is 0.178. The summed E-state index contributed by atoms with van der Waals surface area (Å²) >= 11 is 5.94. The maximum absolute atomic E-state index is 12.4. The summed E-state index contributed by atoms with van der Waals surface area (Å²) in [6.07, 6.45) is 0. The number of aromatic nitrogens is 2. The number of amides is 2. The number of carbonyl (C=O) groups excluding carboxylic acids is 2. The fraction of sp³-hybridized carbons (Fsp3) is 0.182. The van der Waals surface area contributed by atoms with Gasteiger partial charge in [0.25, 0.3) is 5.56 Å². The van der Waals surface area contributed by atoms with Gasteiger partial charge in [-0.1, -0.05) is 23.7 Å². The van der Waals surface area contributed by atoms with Crippen LogP contribution >= 0.6 is 11.6 Å². The molecule has 30 heavy (non-hydrogen) atoms. The van der Waals surface area contributed by atoms with E-state index in [1.54, 1.807) is 30.3 Å². The zero-order valence-corrected chi connectivity index (χ0v) is 17.6. The van der Waals surface area contributed by atoms with Crippen LogP contribution in [-0.4, -0.2) is 21.6 Å². The number of nitrogens with zero attached hydrogens (tertiary/aromatic N) is 2. The van der Waals surface area contributed by atoms with Crippen molar-refractivity contribution >= 4 is 34.8 Å². The van der Waals surface area contributed by atoms with Crippen molar-refractivity contribution in [3.05, 3.63) is 75.0 Å². The van der Waals surface area contributed by atoms with Gasteiger partial charge >= 0.3 is 0 Å². The van der Waals surface area contributed by atoms with Crippen molar-refractivity contribution in [1.82, 2.24) is 9.78 Å². The number of carbonyl (C=O) groups is 2. The van der Waals surface area contributed by atoms with E-state index < -0.39 is 5.56 Å². The van der Waals surface area contributed by atoms with E-state index in [9.17, 15) is 14.4 Å². The van der Waals surface area contributed by atoms with Crippen LogP contribution in [0.4, 0.5) is 11.4 Å². The van der Waals surface area contributed by atoms with Crippen molar-refractivity contribution in [3.8, 4) is 11.3 Å². The molecule has 0 aliphatic rings. The molecule has 3 aromatic rings. The Bertz CT molecular complexity index is 1190. The predicted molar refractivity (Wildman–Crippen MR) is 118 cm³/mol. The highest BCUT2D eigenvalue weighted by Crippen LogP contribution is 2.24. The predicted octanol–water partition coefficient (Wildman–Crippen LogP) is 3.78. The molecular weight excluding hydrogens is 404 g/mol. The van der Waals surface area contributed by atoms with E-state index in [0.717, 1.165) is 15.8 Å². The summed E-state index contributed by atoms with van der Waals surface area (Å²) in [6, 6.07) is 13.6. The topological polar surface area (TPSA) is 93.1 Å². The second kappa shape index (κ2) is 8.92. The summed E-state index contributed by atoms with van der Waals surface area (Å²) in [7, 11) is 0. The third-order valence-electron chi connectivity index (χ3n) is 4.47. The molecule has 0 saturated carbocycles. The molecule has 1 aromatic heterocycles. The van der Waals surface area contributed by atoms with Gasteiger partial charge in [0, 0.05) is 35.0 Å². The smallest absolute Gasteiger partial charge is 0.267 e. The Balaban J connectivity index is 1.84. The maximum Gasteiger partial charge on any atom is 0.267 e. The largest absolute Gasteiger partial charge is 0.326 e. The number of hydrogen-bond donors (Lipinski definition) is 2. The quantitative estimate of drug-likeness (QED) is 0.651. The standard InChI is InChI=1S/C22H21ClN4O3/c1-13-4-5-16(11-20(13)24-15(3)28)19-8-9-22(30)27(26-19)12-21(29)25-18-7-6-17(23)10-14(18)2/h4-11H,12H2,1-3H3,(H,24,28)(H,25,29). The molecule has 1 heterocycles. The fourth-order valence-electron chi connectivity index (χ4n) is 2.91. The first-order valence-electron chi connectivity index (χ1n) is 9.26. The Hall–Kier alpha value is -3.45. The molecule has 0 unspecified atom stereocenters. The summed E-state index contributed by atoms with van der Waals surface area (Å²) in [5.74, 6) is -0.558. The van der Waals surface area contributed by atoms with Crippen LogP contribution < -0.4 is 16.2 Å². The van der Waals surface area contributed by atoms with Crippen molar-refractivity contribution in [2.24, 2.45) is 0 Å². The molecule has 3 rings (SSSR count). The molecule has 0 spiro atoms. The van der Waals surface area contributed by atoms with Crippen LogP contribution in [0, 0.1) is 13.8 Å². The summed E-state index contributed by atoms with van der Waals surface area (Å²) in [6.45, 7) is 4.91. The molecule has 0 aliphatic heterocycles. The number of nitrogens with one attached hydrogen (secondary N) is 2. The number of aryl methyl sites for hydroxylation is 2. The summed E-state index contributed by atoms with van der Waals surface area (Å²) < 4.78 is 1.11. The molecule has 0 radical (unpaired) electrons. The van der Waals surface area contributed by atoms with Crippen molar-refractivity contribution in [1.29, 1.82) is 0 Å². The van der Waals surface area contributed by atoms with Gasteiger partial charge in [0.05, 0.1) is 5.69 Å². The molecule has 0 fully saturated rings. The molecule has 8 heteroatoms. The number of rotatable bonds is 5. The van der Waals surface area contributed by atoms with Gasteiger partial charge in [-0.05, 0) is 55.3 Å². The summed E-state index contributed by atoms with van der Waals surface area (Å²) in [5.41, 5.74) is 3.83. The van der Waals surface area contributed by atoms with E-state index >= 15 is 0 Å². The van der Waals surface area contributed by atoms with Crippen molar-refractivity contribution < 1.29 is 9.59 Å². The minimum Gasteiger partial charge on any atom is -0.326 e. The lowest BCUT2D eigenvalue weighted by Crippen LogP contribution is -2.29. The third-order valence-corrected chi connectivity index (χ3v) is 4.70. The van der Waals surface area contributed by atoms with Crippen LogP contribution in [0.1, 0.15) is 18.1 Å². The Morgan fingerprint density at radius 3 is 2.43 bits per heavy atom. The van der Waals surface area contributed by atoms with Crippen molar-refractivity contribution in [2.45, 2.75) is 27.3 Å². The highest BCUT2D eigenvalue weighted by Gasteiger charge is 2.11. The summed E-state index contributed by atoms with van der Waals surface area (Å²) in [5, 5.41) is 10.4. The lowest BCUT2D eigenvalue weighted by Gasteiger charge is -2.12. The van der Waals surface area contributed by atoms with E-state index in [1.807, 2.05) is 26.0 Å². The second-order valence-corrected chi connectivity index (χ2v) is 7.37. The average Bonchev–Trinajstić information content (AvgIpc) is 2.67.